The van der Waals surface area contributed by atoms with E-state index in [1.165, 1.54) is 32.6 Å². The molecule has 1 atom stereocenters. The van der Waals surface area contributed by atoms with Gasteiger partial charge in [-0.15, -0.1) is 0 Å². The number of nitrogens with zero attached hydrogens (tertiary/aromatic N) is 1. The van der Waals surface area contributed by atoms with E-state index in [9.17, 15) is 13.2 Å². The summed E-state index contributed by atoms with van der Waals surface area (Å²) in [4.78, 5) is 12.8. The van der Waals surface area contributed by atoms with Gasteiger partial charge < -0.3 is 20.1 Å². The van der Waals surface area contributed by atoms with Crippen LogP contribution in [0, 0.1) is 0 Å². The monoisotopic (exact) mass is 459 g/mol. The maximum atomic E-state index is 12.7. The molecule has 1 aliphatic carbocycles. The van der Waals surface area contributed by atoms with Crippen LogP contribution in [0.15, 0.2) is 47.4 Å². The van der Waals surface area contributed by atoms with Crippen molar-refractivity contribution in [3.63, 3.8) is 0 Å². The Hall–Kier alpha value is -2.78. The van der Waals surface area contributed by atoms with Crippen molar-refractivity contribution < 1.29 is 22.7 Å². The minimum Gasteiger partial charge on any atom is -0.448 e. The summed E-state index contributed by atoms with van der Waals surface area (Å²) in [6.45, 7) is 1.74. The van der Waals surface area contributed by atoms with Crippen molar-refractivity contribution in [3.05, 3.63) is 42.5 Å². The van der Waals surface area contributed by atoms with Gasteiger partial charge in [0.15, 0.2) is 11.5 Å². The molecule has 2 aromatic carbocycles. The van der Waals surface area contributed by atoms with Crippen LogP contribution in [0.5, 0.6) is 11.5 Å². The number of sulfonamides is 1. The summed E-state index contributed by atoms with van der Waals surface area (Å²) in [5, 5.41) is 5.94. The second-order valence-electron chi connectivity index (χ2n) is 8.51. The zero-order valence-electron chi connectivity index (χ0n) is 18.6. The van der Waals surface area contributed by atoms with Gasteiger partial charge in [-0.1, -0.05) is 12.5 Å². The van der Waals surface area contributed by atoms with E-state index >= 15 is 0 Å². The minimum atomic E-state index is -3.58. The standard InChI is InChI=1S/C23H29N3O5S/c1-16(22(27)25-17-8-7-9-19(14-17)32(28,29)26(2)3)24-18-10-11-20-21(15-18)31-23(30-20)12-5-4-6-13-23/h7-11,14-16,24H,4-6,12-13H2,1-3H3,(H,25,27)/t16-/m1/s1. The van der Waals surface area contributed by atoms with E-state index in [-0.39, 0.29) is 10.8 Å². The van der Waals surface area contributed by atoms with Crippen LogP contribution < -0.4 is 20.1 Å². The predicted octanol–water partition coefficient (Wildman–Crippen LogP) is 3.81. The number of anilines is 2. The number of hydrogen-bond donors (Lipinski definition) is 2. The number of ether oxygens (including phenoxy) is 2. The molecule has 2 aromatic rings. The quantitative estimate of drug-likeness (QED) is 0.682. The first-order valence-electron chi connectivity index (χ1n) is 10.8. The lowest BCUT2D eigenvalue weighted by atomic mass is 9.94. The average Bonchev–Trinajstić information content (AvgIpc) is 3.10. The summed E-state index contributed by atoms with van der Waals surface area (Å²) in [6, 6.07) is 11.2. The van der Waals surface area contributed by atoms with Crippen LogP contribution in [0.3, 0.4) is 0 Å². The number of carbonyl (C=O) groups is 1. The number of benzene rings is 2. The van der Waals surface area contributed by atoms with Crippen molar-refractivity contribution in [2.24, 2.45) is 0 Å². The largest absolute Gasteiger partial charge is 0.448 e. The van der Waals surface area contributed by atoms with Crippen molar-refractivity contribution in [3.8, 4) is 11.5 Å². The van der Waals surface area contributed by atoms with E-state index in [0.29, 0.717) is 11.4 Å². The lowest BCUT2D eigenvalue weighted by Gasteiger charge is -2.31. The van der Waals surface area contributed by atoms with E-state index in [1.807, 2.05) is 18.2 Å². The van der Waals surface area contributed by atoms with Gasteiger partial charge in [-0.3, -0.25) is 4.79 Å². The molecular weight excluding hydrogens is 430 g/mol. The van der Waals surface area contributed by atoms with E-state index in [0.717, 1.165) is 41.4 Å². The Labute approximate surface area is 189 Å². The maximum Gasteiger partial charge on any atom is 0.251 e. The summed E-state index contributed by atoms with van der Waals surface area (Å²) in [6.07, 6.45) is 5.15. The molecule has 1 fully saturated rings. The Morgan fingerprint density at radius 3 is 2.44 bits per heavy atom. The molecule has 0 bridgehead atoms. The molecule has 0 saturated heterocycles. The molecule has 1 spiro atoms. The molecule has 1 heterocycles. The molecule has 2 N–H and O–H groups in total. The summed E-state index contributed by atoms with van der Waals surface area (Å²) < 4.78 is 38.0. The van der Waals surface area contributed by atoms with Crippen LogP contribution in [-0.2, 0) is 14.8 Å². The first kappa shape index (κ1) is 22.4. The zero-order chi connectivity index (χ0) is 22.9. The maximum absolute atomic E-state index is 12.7. The number of fused-ring (bicyclic) bond motifs is 1. The summed E-state index contributed by atoms with van der Waals surface area (Å²) in [5.41, 5.74) is 1.16. The van der Waals surface area contributed by atoms with E-state index in [1.54, 1.807) is 19.1 Å². The first-order chi connectivity index (χ1) is 15.2. The van der Waals surface area contributed by atoms with Gasteiger partial charge in [-0.05, 0) is 50.1 Å². The van der Waals surface area contributed by atoms with Crippen LogP contribution in [-0.4, -0.2) is 44.6 Å². The highest BCUT2D eigenvalue weighted by molar-refractivity contribution is 7.89. The van der Waals surface area contributed by atoms with E-state index in [4.69, 9.17) is 9.47 Å². The lowest BCUT2D eigenvalue weighted by Crippen LogP contribution is -2.40. The van der Waals surface area contributed by atoms with Crippen LogP contribution >= 0.6 is 0 Å². The lowest BCUT2D eigenvalue weighted by molar-refractivity contribution is -0.116. The third-order valence-corrected chi connectivity index (χ3v) is 7.62. The van der Waals surface area contributed by atoms with Crippen LogP contribution in [0.1, 0.15) is 39.0 Å². The molecule has 32 heavy (non-hydrogen) atoms. The van der Waals surface area contributed by atoms with Crippen LogP contribution in [0.25, 0.3) is 0 Å². The minimum absolute atomic E-state index is 0.119. The van der Waals surface area contributed by atoms with Crippen molar-refractivity contribution in [2.45, 2.75) is 55.8 Å². The average molecular weight is 460 g/mol. The van der Waals surface area contributed by atoms with Gasteiger partial charge in [0.25, 0.3) is 5.79 Å². The summed E-state index contributed by atoms with van der Waals surface area (Å²) in [7, 11) is -0.648. The topological polar surface area (TPSA) is 97.0 Å². The Morgan fingerprint density at radius 1 is 1.00 bits per heavy atom. The van der Waals surface area contributed by atoms with Gasteiger partial charge >= 0.3 is 0 Å². The molecular formula is C23H29N3O5S. The van der Waals surface area contributed by atoms with Gasteiger partial charge in [0.05, 0.1) is 4.90 Å². The third kappa shape index (κ3) is 4.54. The molecule has 172 valence electrons. The van der Waals surface area contributed by atoms with E-state index in [2.05, 4.69) is 10.6 Å². The summed E-state index contributed by atoms with van der Waals surface area (Å²) >= 11 is 0. The Balaban J connectivity index is 1.41. The van der Waals surface area contributed by atoms with Crippen LogP contribution in [0.4, 0.5) is 11.4 Å². The molecule has 4 rings (SSSR count). The second-order valence-corrected chi connectivity index (χ2v) is 10.7. The Morgan fingerprint density at radius 2 is 1.72 bits per heavy atom. The van der Waals surface area contributed by atoms with Crippen molar-refractivity contribution >= 4 is 27.3 Å². The molecule has 1 aliphatic heterocycles. The predicted molar refractivity (Wildman–Crippen MR) is 123 cm³/mol. The highest BCUT2D eigenvalue weighted by Crippen LogP contribution is 2.46. The molecule has 0 unspecified atom stereocenters. The molecule has 1 amide bonds. The molecule has 1 saturated carbocycles. The van der Waals surface area contributed by atoms with Crippen molar-refractivity contribution in [2.75, 3.05) is 24.7 Å². The fourth-order valence-electron chi connectivity index (χ4n) is 3.99. The molecule has 2 aliphatic rings. The van der Waals surface area contributed by atoms with Gasteiger partial charge in [0, 0.05) is 44.4 Å². The fourth-order valence-corrected chi connectivity index (χ4v) is 4.94. The normalized spacial score (nSPS) is 17.9. The third-order valence-electron chi connectivity index (χ3n) is 5.81. The van der Waals surface area contributed by atoms with Crippen LogP contribution in [0.2, 0.25) is 0 Å². The van der Waals surface area contributed by atoms with Crippen molar-refractivity contribution in [1.29, 1.82) is 0 Å². The number of amides is 1. The molecule has 9 heteroatoms. The highest BCUT2D eigenvalue weighted by Gasteiger charge is 2.42. The Bertz CT molecular complexity index is 1110. The second kappa shape index (κ2) is 8.63. The Kier molecular flexibility index (Phi) is 6.05. The van der Waals surface area contributed by atoms with Gasteiger partial charge in [0.2, 0.25) is 15.9 Å². The number of nitrogens with one attached hydrogen (secondary N) is 2. The van der Waals surface area contributed by atoms with Gasteiger partial charge in [0.1, 0.15) is 6.04 Å². The van der Waals surface area contributed by atoms with Gasteiger partial charge in [-0.2, -0.15) is 0 Å². The first-order valence-corrected chi connectivity index (χ1v) is 12.2. The smallest absolute Gasteiger partial charge is 0.251 e. The molecule has 0 radical (unpaired) electrons. The fraction of sp³-hybridized carbons (Fsp3) is 0.435. The number of carbonyl (C=O) groups excluding carboxylic acids is 1. The number of hydrogen-bond acceptors (Lipinski definition) is 6. The molecule has 0 aromatic heterocycles. The van der Waals surface area contributed by atoms with E-state index < -0.39 is 21.9 Å². The molecule has 8 nitrogen and oxygen atoms in total. The highest BCUT2D eigenvalue weighted by atomic mass is 32.2. The number of rotatable bonds is 6. The SMILES string of the molecule is C[C@@H](Nc1ccc2c(c1)OC1(CCCCC1)O2)C(=O)Nc1cccc(S(=O)(=O)N(C)C)c1. The zero-order valence-corrected chi connectivity index (χ0v) is 19.4. The summed E-state index contributed by atoms with van der Waals surface area (Å²) in [5.74, 6) is 0.588. The van der Waals surface area contributed by atoms with Crippen molar-refractivity contribution in [1.82, 2.24) is 4.31 Å². The van der Waals surface area contributed by atoms with Gasteiger partial charge in [-0.25, -0.2) is 12.7 Å².